The van der Waals surface area contributed by atoms with E-state index in [1.54, 1.807) is 42.3 Å². The number of aromatic nitrogens is 2. The van der Waals surface area contributed by atoms with Crippen LogP contribution >= 0.6 is 0 Å². The second-order valence-electron chi connectivity index (χ2n) is 4.52. The topological polar surface area (TPSA) is 44.1 Å². The number of nitrogens with zero attached hydrogens (tertiary/aromatic N) is 2. The number of hydrogen-bond donors (Lipinski definition) is 0. The van der Waals surface area contributed by atoms with Crippen molar-refractivity contribution in [3.05, 3.63) is 78.1 Å². The van der Waals surface area contributed by atoms with Crippen molar-refractivity contribution in [3.63, 3.8) is 0 Å². The van der Waals surface area contributed by atoms with Gasteiger partial charge in [-0.25, -0.2) is 4.68 Å². The van der Waals surface area contributed by atoms with Gasteiger partial charge in [0.05, 0.1) is 19.0 Å². The molecule has 1 heterocycles. The molecule has 0 saturated carbocycles. The van der Waals surface area contributed by atoms with Crippen LogP contribution in [0.1, 0.15) is 16.1 Å². The van der Waals surface area contributed by atoms with E-state index in [1.807, 2.05) is 36.4 Å². The van der Waals surface area contributed by atoms with Gasteiger partial charge in [0.25, 0.3) is 0 Å². The standard InChI is InChI=1S/C17H14N2O2/c1-21-15-9-5-6-13(12-15)17(20)16-10-11-18-19(16)14-7-3-2-4-8-14/h2-12H,1H3. The van der Waals surface area contributed by atoms with E-state index in [4.69, 9.17) is 4.74 Å². The molecule has 0 spiro atoms. The third-order valence-electron chi connectivity index (χ3n) is 3.21. The summed E-state index contributed by atoms with van der Waals surface area (Å²) in [5.74, 6) is 0.571. The number of ketones is 1. The fourth-order valence-electron chi connectivity index (χ4n) is 2.16. The first kappa shape index (κ1) is 13.1. The minimum Gasteiger partial charge on any atom is -0.497 e. The third kappa shape index (κ3) is 2.56. The molecule has 104 valence electrons. The Labute approximate surface area is 122 Å². The van der Waals surface area contributed by atoms with Crippen LogP contribution in [0.5, 0.6) is 5.75 Å². The second kappa shape index (κ2) is 5.63. The zero-order valence-electron chi connectivity index (χ0n) is 11.6. The summed E-state index contributed by atoms with van der Waals surface area (Å²) in [4.78, 5) is 12.7. The highest BCUT2D eigenvalue weighted by molar-refractivity contribution is 6.08. The minimum atomic E-state index is -0.0877. The van der Waals surface area contributed by atoms with Crippen molar-refractivity contribution < 1.29 is 9.53 Å². The van der Waals surface area contributed by atoms with Crippen molar-refractivity contribution in [2.24, 2.45) is 0 Å². The number of ether oxygens (including phenoxy) is 1. The number of carbonyl (C=O) groups is 1. The highest BCUT2D eigenvalue weighted by Gasteiger charge is 2.15. The first-order valence-corrected chi connectivity index (χ1v) is 6.58. The quantitative estimate of drug-likeness (QED) is 0.689. The average Bonchev–Trinajstić information content (AvgIpc) is 3.04. The van der Waals surface area contributed by atoms with E-state index < -0.39 is 0 Å². The summed E-state index contributed by atoms with van der Waals surface area (Å²) in [6.07, 6.45) is 1.63. The SMILES string of the molecule is COc1cccc(C(=O)c2ccnn2-c2ccccc2)c1. The van der Waals surface area contributed by atoms with Crippen molar-refractivity contribution in [2.45, 2.75) is 0 Å². The summed E-state index contributed by atoms with van der Waals surface area (Å²) in [5.41, 5.74) is 1.95. The molecule has 3 aromatic rings. The first-order chi connectivity index (χ1) is 10.3. The zero-order chi connectivity index (χ0) is 14.7. The first-order valence-electron chi connectivity index (χ1n) is 6.58. The van der Waals surface area contributed by atoms with Gasteiger partial charge >= 0.3 is 0 Å². The third-order valence-corrected chi connectivity index (χ3v) is 3.21. The van der Waals surface area contributed by atoms with E-state index in [2.05, 4.69) is 5.10 Å². The van der Waals surface area contributed by atoms with Crippen molar-refractivity contribution >= 4 is 5.78 Å². The minimum absolute atomic E-state index is 0.0877. The molecule has 0 unspecified atom stereocenters. The largest absolute Gasteiger partial charge is 0.497 e. The van der Waals surface area contributed by atoms with Crippen LogP contribution in [-0.4, -0.2) is 22.7 Å². The molecule has 0 atom stereocenters. The maximum absolute atomic E-state index is 12.7. The molecule has 1 aromatic heterocycles. The monoisotopic (exact) mass is 278 g/mol. The summed E-state index contributed by atoms with van der Waals surface area (Å²) in [6, 6.07) is 18.4. The molecule has 4 nitrogen and oxygen atoms in total. The normalized spacial score (nSPS) is 10.3. The number of benzene rings is 2. The van der Waals surface area contributed by atoms with Gasteiger partial charge < -0.3 is 4.74 Å². The number of para-hydroxylation sites is 1. The summed E-state index contributed by atoms with van der Waals surface area (Å²) in [7, 11) is 1.58. The Morgan fingerprint density at radius 1 is 1.05 bits per heavy atom. The van der Waals surface area contributed by atoms with E-state index in [0.29, 0.717) is 17.0 Å². The predicted octanol–water partition coefficient (Wildman–Crippen LogP) is 3.11. The van der Waals surface area contributed by atoms with Gasteiger partial charge in [-0.3, -0.25) is 4.79 Å². The van der Waals surface area contributed by atoms with Gasteiger partial charge in [0.15, 0.2) is 0 Å². The van der Waals surface area contributed by atoms with Crippen LogP contribution < -0.4 is 4.74 Å². The number of carbonyl (C=O) groups excluding carboxylic acids is 1. The predicted molar refractivity (Wildman–Crippen MR) is 80.0 cm³/mol. The lowest BCUT2D eigenvalue weighted by Crippen LogP contribution is -2.10. The Hall–Kier alpha value is -2.88. The van der Waals surface area contributed by atoms with Gasteiger partial charge in [0.1, 0.15) is 11.4 Å². The molecule has 0 N–H and O–H groups in total. The van der Waals surface area contributed by atoms with Gasteiger partial charge in [0.2, 0.25) is 5.78 Å². The number of methoxy groups -OCH3 is 1. The lowest BCUT2D eigenvalue weighted by Gasteiger charge is -2.07. The molecule has 0 aliphatic heterocycles. The van der Waals surface area contributed by atoms with Crippen LogP contribution in [0.4, 0.5) is 0 Å². The van der Waals surface area contributed by atoms with Crippen LogP contribution in [0.3, 0.4) is 0 Å². The Morgan fingerprint density at radius 2 is 1.86 bits per heavy atom. The van der Waals surface area contributed by atoms with Gasteiger partial charge in [-0.05, 0) is 30.3 Å². The van der Waals surface area contributed by atoms with Crippen molar-refractivity contribution in [1.82, 2.24) is 9.78 Å². The summed E-state index contributed by atoms with van der Waals surface area (Å²) in [5, 5.41) is 4.24. The summed E-state index contributed by atoms with van der Waals surface area (Å²) < 4.78 is 6.80. The molecular weight excluding hydrogens is 264 g/mol. The Balaban J connectivity index is 2.01. The van der Waals surface area contributed by atoms with Crippen molar-refractivity contribution in [2.75, 3.05) is 7.11 Å². The lowest BCUT2D eigenvalue weighted by atomic mass is 10.1. The number of rotatable bonds is 4. The smallest absolute Gasteiger partial charge is 0.211 e. The van der Waals surface area contributed by atoms with Gasteiger partial charge in [0, 0.05) is 5.56 Å². The molecule has 0 aliphatic rings. The average molecular weight is 278 g/mol. The number of hydrogen-bond acceptors (Lipinski definition) is 3. The van der Waals surface area contributed by atoms with Gasteiger partial charge in [-0.15, -0.1) is 0 Å². The zero-order valence-corrected chi connectivity index (χ0v) is 11.6. The molecule has 4 heteroatoms. The lowest BCUT2D eigenvalue weighted by molar-refractivity contribution is 0.103. The fraction of sp³-hybridized carbons (Fsp3) is 0.0588. The fourth-order valence-corrected chi connectivity index (χ4v) is 2.16. The molecule has 0 bridgehead atoms. The molecule has 0 fully saturated rings. The van der Waals surface area contributed by atoms with Crippen molar-refractivity contribution in [1.29, 1.82) is 0 Å². The Morgan fingerprint density at radius 3 is 2.62 bits per heavy atom. The van der Waals surface area contributed by atoms with Crippen LogP contribution in [0, 0.1) is 0 Å². The highest BCUT2D eigenvalue weighted by Crippen LogP contribution is 2.18. The highest BCUT2D eigenvalue weighted by atomic mass is 16.5. The molecule has 0 radical (unpaired) electrons. The molecule has 0 amide bonds. The van der Waals surface area contributed by atoms with E-state index in [9.17, 15) is 4.79 Å². The molecule has 2 aromatic carbocycles. The maximum atomic E-state index is 12.7. The maximum Gasteiger partial charge on any atom is 0.211 e. The van der Waals surface area contributed by atoms with Gasteiger partial charge in [-0.2, -0.15) is 5.10 Å². The molecule has 21 heavy (non-hydrogen) atoms. The van der Waals surface area contributed by atoms with Crippen LogP contribution in [0.2, 0.25) is 0 Å². The molecule has 0 aliphatic carbocycles. The van der Waals surface area contributed by atoms with E-state index in [1.165, 1.54) is 0 Å². The van der Waals surface area contributed by atoms with Crippen LogP contribution in [-0.2, 0) is 0 Å². The Kier molecular flexibility index (Phi) is 3.51. The van der Waals surface area contributed by atoms with Gasteiger partial charge in [-0.1, -0.05) is 30.3 Å². The van der Waals surface area contributed by atoms with Crippen LogP contribution in [0.15, 0.2) is 66.9 Å². The molecule has 3 rings (SSSR count). The molecular formula is C17H14N2O2. The Bertz CT molecular complexity index is 763. The second-order valence-corrected chi connectivity index (χ2v) is 4.52. The van der Waals surface area contributed by atoms with Crippen LogP contribution in [0.25, 0.3) is 5.69 Å². The van der Waals surface area contributed by atoms with E-state index in [-0.39, 0.29) is 5.78 Å². The summed E-state index contributed by atoms with van der Waals surface area (Å²) >= 11 is 0. The summed E-state index contributed by atoms with van der Waals surface area (Å²) in [6.45, 7) is 0. The van der Waals surface area contributed by atoms with E-state index >= 15 is 0 Å². The van der Waals surface area contributed by atoms with E-state index in [0.717, 1.165) is 5.69 Å². The van der Waals surface area contributed by atoms with Crippen molar-refractivity contribution in [3.8, 4) is 11.4 Å². The molecule has 0 saturated heterocycles.